The normalized spacial score (nSPS) is 13.6. The van der Waals surface area contributed by atoms with Gasteiger partial charge in [0.15, 0.2) is 5.82 Å². The number of anilines is 1. The van der Waals surface area contributed by atoms with Crippen molar-refractivity contribution < 1.29 is 9.32 Å². The molecule has 2 heterocycles. The summed E-state index contributed by atoms with van der Waals surface area (Å²) in [4.78, 5) is 21.0. The minimum absolute atomic E-state index is 0.0639. The summed E-state index contributed by atoms with van der Waals surface area (Å²) >= 11 is 1.38. The van der Waals surface area contributed by atoms with Crippen LogP contribution in [0.15, 0.2) is 46.1 Å². The molecule has 0 bridgehead atoms. The van der Waals surface area contributed by atoms with E-state index < -0.39 is 0 Å². The van der Waals surface area contributed by atoms with Crippen LogP contribution in [0, 0.1) is 13.8 Å². The number of thioether (sulfide) groups is 1. The van der Waals surface area contributed by atoms with Crippen LogP contribution < -0.4 is 5.32 Å². The third-order valence-electron chi connectivity index (χ3n) is 4.22. The summed E-state index contributed by atoms with van der Waals surface area (Å²) in [6.07, 6.45) is 3.96. The first-order valence-electron chi connectivity index (χ1n) is 8.88. The Kier molecular flexibility index (Phi) is 4.94. The maximum atomic E-state index is 12.2. The highest BCUT2D eigenvalue weighted by Gasteiger charge is 2.29. The number of nitrogens with zero attached hydrogens (tertiary/aromatic N) is 3. The molecule has 0 unspecified atom stereocenters. The molecule has 4 rings (SSSR count). The zero-order valence-electron chi connectivity index (χ0n) is 15.2. The van der Waals surface area contributed by atoms with Gasteiger partial charge in [0.1, 0.15) is 0 Å². The van der Waals surface area contributed by atoms with E-state index >= 15 is 0 Å². The lowest BCUT2D eigenvalue weighted by atomic mass is 10.1. The van der Waals surface area contributed by atoms with Crippen LogP contribution in [0.1, 0.15) is 35.7 Å². The number of carbonyl (C=O) groups excluding carboxylic acids is 1. The third kappa shape index (κ3) is 4.54. The Balaban J connectivity index is 1.38. The van der Waals surface area contributed by atoms with Crippen molar-refractivity contribution >= 4 is 23.4 Å². The molecule has 1 amide bonds. The van der Waals surface area contributed by atoms with Gasteiger partial charge in [-0.3, -0.25) is 4.79 Å². The first-order chi connectivity index (χ1) is 13.1. The van der Waals surface area contributed by atoms with Crippen molar-refractivity contribution in [3.63, 3.8) is 0 Å². The van der Waals surface area contributed by atoms with Gasteiger partial charge in [-0.1, -0.05) is 23.0 Å². The summed E-state index contributed by atoms with van der Waals surface area (Å²) in [5, 5.41) is 7.72. The van der Waals surface area contributed by atoms with Crippen LogP contribution in [0.5, 0.6) is 0 Å². The average molecular weight is 380 g/mol. The third-order valence-corrected chi connectivity index (χ3v) is 5.15. The molecule has 1 aromatic carbocycles. The minimum atomic E-state index is -0.0639. The zero-order valence-corrected chi connectivity index (χ0v) is 16.0. The van der Waals surface area contributed by atoms with E-state index in [2.05, 4.69) is 26.5 Å². The van der Waals surface area contributed by atoms with Crippen LogP contribution >= 0.6 is 11.8 Å². The number of aryl methyl sites for hydroxylation is 2. The molecule has 6 nitrogen and oxygen atoms in total. The quantitative estimate of drug-likeness (QED) is 0.640. The largest absolute Gasteiger partial charge is 0.334 e. The Bertz CT molecular complexity index is 961. The Hall–Kier alpha value is -2.67. The molecular formula is C20H20N4O2S. The van der Waals surface area contributed by atoms with E-state index in [-0.39, 0.29) is 11.7 Å². The van der Waals surface area contributed by atoms with Crippen molar-refractivity contribution in [2.24, 2.45) is 0 Å². The molecule has 0 saturated heterocycles. The maximum absolute atomic E-state index is 12.2. The lowest BCUT2D eigenvalue weighted by molar-refractivity contribution is -0.113. The number of carbonyl (C=O) groups is 1. The van der Waals surface area contributed by atoms with Gasteiger partial charge < -0.3 is 9.84 Å². The minimum Gasteiger partial charge on any atom is -0.334 e. The predicted octanol–water partition coefficient (Wildman–Crippen LogP) is 4.36. The van der Waals surface area contributed by atoms with Crippen LogP contribution in [0.25, 0.3) is 11.5 Å². The lowest BCUT2D eigenvalue weighted by Crippen LogP contribution is -2.14. The molecule has 138 valence electrons. The number of hydrogen-bond donors (Lipinski definition) is 1. The molecule has 1 N–H and O–H groups in total. The summed E-state index contributed by atoms with van der Waals surface area (Å²) in [5.41, 5.74) is 3.88. The second-order valence-corrected chi connectivity index (χ2v) is 7.82. The van der Waals surface area contributed by atoms with Crippen molar-refractivity contribution in [2.75, 3.05) is 11.1 Å². The maximum Gasteiger partial charge on any atom is 0.258 e. The highest BCUT2D eigenvalue weighted by molar-refractivity contribution is 7.99. The fourth-order valence-corrected chi connectivity index (χ4v) is 3.56. The molecule has 3 aromatic rings. The molecule has 1 saturated carbocycles. The highest BCUT2D eigenvalue weighted by Crippen LogP contribution is 2.39. The zero-order chi connectivity index (χ0) is 18.8. The second kappa shape index (κ2) is 7.52. The van der Waals surface area contributed by atoms with Gasteiger partial charge in [0.2, 0.25) is 5.91 Å². The van der Waals surface area contributed by atoms with Crippen molar-refractivity contribution in [2.45, 2.75) is 37.6 Å². The van der Waals surface area contributed by atoms with E-state index in [1.165, 1.54) is 11.8 Å². The molecule has 0 spiro atoms. The topological polar surface area (TPSA) is 80.9 Å². The fourth-order valence-electron chi connectivity index (χ4n) is 2.86. The van der Waals surface area contributed by atoms with E-state index in [0.29, 0.717) is 11.8 Å². The molecule has 27 heavy (non-hydrogen) atoms. The van der Waals surface area contributed by atoms with Gasteiger partial charge in [-0.15, -0.1) is 0 Å². The summed E-state index contributed by atoms with van der Waals surface area (Å²) in [5.74, 6) is 1.95. The first kappa shape index (κ1) is 17.7. The van der Waals surface area contributed by atoms with Gasteiger partial charge in [0.25, 0.3) is 5.89 Å². The lowest BCUT2D eigenvalue weighted by Gasteiger charge is -2.07. The number of aromatic nitrogens is 3. The average Bonchev–Trinajstić information content (AvgIpc) is 3.36. The van der Waals surface area contributed by atoms with Crippen molar-refractivity contribution in [3.8, 4) is 11.5 Å². The summed E-state index contributed by atoms with van der Waals surface area (Å²) in [6, 6.07) is 9.71. The standard InChI is InChI=1S/C20H20N4O2S/c1-12-7-13(2)9-16(8-12)22-17(25)11-27-18-10-15(5-6-21-18)20-23-19(24-26-20)14-3-4-14/h5-10,14H,3-4,11H2,1-2H3,(H,22,25). The van der Waals surface area contributed by atoms with E-state index in [9.17, 15) is 4.79 Å². The number of pyridine rings is 1. The van der Waals surface area contributed by atoms with Gasteiger partial charge in [0.05, 0.1) is 10.8 Å². The predicted molar refractivity (Wildman–Crippen MR) is 105 cm³/mol. The van der Waals surface area contributed by atoms with Gasteiger partial charge in [-0.05, 0) is 62.1 Å². The number of nitrogens with one attached hydrogen (secondary N) is 1. The van der Waals surface area contributed by atoms with Crippen LogP contribution in [0.2, 0.25) is 0 Å². The smallest absolute Gasteiger partial charge is 0.258 e. The Morgan fingerprint density at radius 1 is 1.22 bits per heavy atom. The Morgan fingerprint density at radius 3 is 2.74 bits per heavy atom. The highest BCUT2D eigenvalue weighted by atomic mass is 32.2. The van der Waals surface area contributed by atoms with Crippen LogP contribution in [0.3, 0.4) is 0 Å². The van der Waals surface area contributed by atoms with Gasteiger partial charge >= 0.3 is 0 Å². The van der Waals surface area contributed by atoms with Crippen molar-refractivity contribution in [1.82, 2.24) is 15.1 Å². The number of amides is 1. The van der Waals surface area contributed by atoms with E-state index in [0.717, 1.165) is 46.1 Å². The van der Waals surface area contributed by atoms with E-state index in [1.807, 2.05) is 38.1 Å². The molecule has 0 aliphatic heterocycles. The Labute approximate surface area is 161 Å². The number of hydrogen-bond acceptors (Lipinski definition) is 6. The van der Waals surface area contributed by atoms with Crippen LogP contribution in [0.4, 0.5) is 5.69 Å². The monoisotopic (exact) mass is 380 g/mol. The number of rotatable bonds is 6. The number of benzene rings is 1. The molecule has 7 heteroatoms. The molecule has 0 radical (unpaired) electrons. The van der Waals surface area contributed by atoms with Crippen LogP contribution in [-0.2, 0) is 4.79 Å². The summed E-state index contributed by atoms with van der Waals surface area (Å²) < 4.78 is 5.36. The fraction of sp³-hybridized carbons (Fsp3) is 0.300. The van der Waals surface area contributed by atoms with Gasteiger partial charge in [-0.25, -0.2) is 4.98 Å². The van der Waals surface area contributed by atoms with Crippen molar-refractivity contribution in [3.05, 3.63) is 53.5 Å². The second-order valence-electron chi connectivity index (χ2n) is 6.83. The SMILES string of the molecule is Cc1cc(C)cc(NC(=O)CSc2cc(-c3nc(C4CC4)no3)ccn2)c1. The summed E-state index contributed by atoms with van der Waals surface area (Å²) in [6.45, 7) is 4.03. The van der Waals surface area contributed by atoms with E-state index in [1.54, 1.807) is 6.20 Å². The summed E-state index contributed by atoms with van der Waals surface area (Å²) in [7, 11) is 0. The van der Waals surface area contributed by atoms with Gasteiger partial charge in [-0.2, -0.15) is 4.98 Å². The van der Waals surface area contributed by atoms with Crippen LogP contribution in [-0.4, -0.2) is 26.8 Å². The molecule has 2 aromatic heterocycles. The molecule has 0 atom stereocenters. The van der Waals surface area contributed by atoms with Crippen molar-refractivity contribution in [1.29, 1.82) is 0 Å². The molecule has 1 aliphatic rings. The molecule has 1 fully saturated rings. The first-order valence-corrected chi connectivity index (χ1v) is 9.86. The van der Waals surface area contributed by atoms with E-state index in [4.69, 9.17) is 4.52 Å². The Morgan fingerprint density at radius 2 is 2.00 bits per heavy atom. The molecular weight excluding hydrogens is 360 g/mol. The molecule has 1 aliphatic carbocycles. The van der Waals surface area contributed by atoms with Gasteiger partial charge in [0, 0.05) is 23.4 Å².